The summed E-state index contributed by atoms with van der Waals surface area (Å²) in [5, 5.41) is 5.17. The number of ether oxygens (including phenoxy) is 1. The Hall–Kier alpha value is -2.70. The fourth-order valence-electron chi connectivity index (χ4n) is 3.39. The Balaban J connectivity index is 1.75. The molecule has 0 saturated carbocycles. The second kappa shape index (κ2) is 10.5. The third-order valence-corrected chi connectivity index (χ3v) is 7.37. The predicted octanol–water partition coefficient (Wildman–Crippen LogP) is 4.68. The quantitative estimate of drug-likeness (QED) is 0.245. The van der Waals surface area contributed by atoms with Crippen LogP contribution in [0.4, 0.5) is 0 Å². The topological polar surface area (TPSA) is 102 Å². The molecule has 1 aliphatic rings. The average molecular weight is 550 g/mol. The summed E-state index contributed by atoms with van der Waals surface area (Å²) in [5.41, 5.74) is 2.78. The summed E-state index contributed by atoms with van der Waals surface area (Å²) < 4.78 is 38.7. The monoisotopic (exact) mass is 549 g/mol. The lowest BCUT2D eigenvalue weighted by Crippen LogP contribution is -2.32. The molecule has 1 aliphatic heterocycles. The zero-order valence-corrected chi connectivity index (χ0v) is 21.6. The molecule has 12 heteroatoms. The summed E-state index contributed by atoms with van der Waals surface area (Å²) in [5.74, 6) is -0.484. The molecule has 182 valence electrons. The van der Waals surface area contributed by atoms with Crippen molar-refractivity contribution < 1.29 is 22.5 Å². The molecule has 0 radical (unpaired) electrons. The first-order chi connectivity index (χ1) is 16.7. The van der Waals surface area contributed by atoms with Crippen LogP contribution in [-0.4, -0.2) is 56.8 Å². The highest BCUT2D eigenvalue weighted by Gasteiger charge is 2.33. The van der Waals surface area contributed by atoms with Gasteiger partial charge in [0.15, 0.2) is 0 Å². The van der Waals surface area contributed by atoms with Gasteiger partial charge in [-0.05, 0) is 43.3 Å². The van der Waals surface area contributed by atoms with Gasteiger partial charge in [0.25, 0.3) is 16.0 Å². The van der Waals surface area contributed by atoms with Crippen molar-refractivity contribution in [1.29, 1.82) is 0 Å². The lowest BCUT2D eigenvalue weighted by atomic mass is 10.1. The third-order valence-electron chi connectivity index (χ3n) is 5.00. The maximum atomic E-state index is 12.9. The molecule has 8 nitrogen and oxygen atoms in total. The number of para-hydroxylation sites is 1. The first-order valence-corrected chi connectivity index (χ1v) is 13.7. The van der Waals surface area contributed by atoms with E-state index >= 15 is 0 Å². The second-order valence-electron chi connectivity index (χ2n) is 7.41. The zero-order valence-electron chi connectivity index (χ0n) is 18.4. The molecule has 0 aliphatic carbocycles. The van der Waals surface area contributed by atoms with Crippen LogP contribution in [0.15, 0.2) is 59.6 Å². The first kappa shape index (κ1) is 25.4. The number of thiocarbonyl (C=S) groups is 1. The van der Waals surface area contributed by atoms with Gasteiger partial charge >= 0.3 is 0 Å². The van der Waals surface area contributed by atoms with Crippen LogP contribution in [0.1, 0.15) is 12.5 Å². The number of hydrogen-bond acceptors (Lipinski definition) is 7. The van der Waals surface area contributed by atoms with Crippen LogP contribution in [0.25, 0.3) is 23.0 Å². The molecule has 4 rings (SSSR count). The standard InChI is InChI=1S/C23H20ClN3O5S3/c1-2-32-19-9-8-15(12-18(19)24)21-16(14-27(25-21)17-6-4-3-5-7-17)13-20-22(28)26(23(33)34-20)10-11-35(29,30)31/h3-9,12-14H,2,10-11H2,1H3,(H,29,30,31)/b20-13+. The van der Waals surface area contributed by atoms with Gasteiger partial charge in [-0.25, -0.2) is 4.68 Å². The molecule has 0 bridgehead atoms. The van der Waals surface area contributed by atoms with E-state index < -0.39 is 21.8 Å². The Kier molecular flexibility index (Phi) is 7.62. The summed E-state index contributed by atoms with van der Waals surface area (Å²) in [6, 6.07) is 14.8. The number of halogens is 1. The minimum atomic E-state index is -4.24. The lowest BCUT2D eigenvalue weighted by Gasteiger charge is -2.12. The lowest BCUT2D eigenvalue weighted by molar-refractivity contribution is -0.121. The van der Waals surface area contributed by atoms with Gasteiger partial charge in [0.2, 0.25) is 0 Å². The molecule has 2 heterocycles. The number of hydrogen-bond donors (Lipinski definition) is 1. The fourth-order valence-corrected chi connectivity index (χ4v) is 5.34. The Bertz CT molecular complexity index is 1420. The minimum Gasteiger partial charge on any atom is -0.492 e. The highest BCUT2D eigenvalue weighted by atomic mass is 35.5. The van der Waals surface area contributed by atoms with Crippen molar-refractivity contribution in [2.75, 3.05) is 18.9 Å². The van der Waals surface area contributed by atoms with E-state index in [9.17, 15) is 13.2 Å². The number of amides is 1. The number of rotatable bonds is 8. The maximum absolute atomic E-state index is 12.9. The van der Waals surface area contributed by atoms with Crippen LogP contribution < -0.4 is 4.74 Å². The Labute approximate surface area is 217 Å². The fraction of sp³-hybridized carbons (Fsp3) is 0.174. The molecule has 1 saturated heterocycles. The second-order valence-corrected chi connectivity index (χ2v) is 11.1. The highest BCUT2D eigenvalue weighted by molar-refractivity contribution is 8.26. The summed E-state index contributed by atoms with van der Waals surface area (Å²) in [6.45, 7) is 2.12. The summed E-state index contributed by atoms with van der Waals surface area (Å²) in [6.07, 6.45) is 3.46. The SMILES string of the molecule is CCOc1ccc(-c2nn(-c3ccccc3)cc2/C=C2/SC(=S)N(CCS(=O)(=O)O)C2=O)cc1Cl. The Morgan fingerprint density at radius 2 is 1.97 bits per heavy atom. The van der Waals surface area contributed by atoms with Crippen LogP contribution in [0.3, 0.4) is 0 Å². The van der Waals surface area contributed by atoms with E-state index in [0.29, 0.717) is 33.5 Å². The first-order valence-electron chi connectivity index (χ1n) is 10.4. The molecule has 1 aromatic heterocycles. The number of carbonyl (C=O) groups excluding carboxylic acids is 1. The van der Waals surface area contributed by atoms with Crippen LogP contribution in [0, 0.1) is 0 Å². The Morgan fingerprint density at radius 3 is 2.63 bits per heavy atom. The number of aromatic nitrogens is 2. The maximum Gasteiger partial charge on any atom is 0.266 e. The smallest absolute Gasteiger partial charge is 0.266 e. The van der Waals surface area contributed by atoms with Crippen molar-refractivity contribution in [3.05, 3.63) is 70.2 Å². The van der Waals surface area contributed by atoms with Gasteiger partial charge in [0.05, 0.1) is 28.0 Å². The molecule has 1 amide bonds. The Morgan fingerprint density at radius 1 is 1.23 bits per heavy atom. The van der Waals surface area contributed by atoms with Crippen LogP contribution >= 0.6 is 35.6 Å². The molecule has 0 spiro atoms. The predicted molar refractivity (Wildman–Crippen MR) is 141 cm³/mol. The highest BCUT2D eigenvalue weighted by Crippen LogP contribution is 2.36. The van der Waals surface area contributed by atoms with E-state index in [1.54, 1.807) is 29.1 Å². The van der Waals surface area contributed by atoms with Gasteiger partial charge in [-0.2, -0.15) is 13.5 Å². The largest absolute Gasteiger partial charge is 0.492 e. The average Bonchev–Trinajstić information content (AvgIpc) is 3.35. The molecule has 3 aromatic rings. The van der Waals surface area contributed by atoms with Crippen LogP contribution in [0.2, 0.25) is 5.02 Å². The van der Waals surface area contributed by atoms with Gasteiger partial charge < -0.3 is 4.74 Å². The summed E-state index contributed by atoms with van der Waals surface area (Å²) in [4.78, 5) is 14.4. The van der Waals surface area contributed by atoms with Gasteiger partial charge in [0.1, 0.15) is 15.8 Å². The van der Waals surface area contributed by atoms with E-state index in [4.69, 9.17) is 38.2 Å². The van der Waals surface area contributed by atoms with Gasteiger partial charge in [-0.3, -0.25) is 14.2 Å². The summed E-state index contributed by atoms with van der Waals surface area (Å²) in [7, 11) is -4.24. The number of nitrogens with zero attached hydrogens (tertiary/aromatic N) is 3. The van der Waals surface area contributed by atoms with Gasteiger partial charge in [0, 0.05) is 23.9 Å². The summed E-state index contributed by atoms with van der Waals surface area (Å²) >= 11 is 12.7. The van der Waals surface area contributed by atoms with Crippen molar-refractivity contribution in [3.8, 4) is 22.7 Å². The third kappa shape index (κ3) is 5.93. The molecular formula is C23H20ClN3O5S3. The van der Waals surface area contributed by atoms with Crippen molar-refractivity contribution in [3.63, 3.8) is 0 Å². The van der Waals surface area contributed by atoms with Gasteiger partial charge in [-0.15, -0.1) is 0 Å². The number of benzene rings is 2. The van der Waals surface area contributed by atoms with E-state index in [0.717, 1.165) is 27.9 Å². The van der Waals surface area contributed by atoms with E-state index in [1.165, 1.54) is 0 Å². The van der Waals surface area contributed by atoms with Crippen molar-refractivity contribution in [2.45, 2.75) is 6.92 Å². The van der Waals surface area contributed by atoms with Crippen molar-refractivity contribution >= 4 is 62.0 Å². The molecule has 1 N–H and O–H groups in total. The number of carbonyl (C=O) groups is 1. The number of thioether (sulfide) groups is 1. The van der Waals surface area contributed by atoms with Crippen LogP contribution in [0.5, 0.6) is 5.75 Å². The molecule has 1 fully saturated rings. The normalized spacial score (nSPS) is 15.3. The molecular weight excluding hydrogens is 530 g/mol. The zero-order chi connectivity index (χ0) is 25.2. The van der Waals surface area contributed by atoms with E-state index in [-0.39, 0.29) is 10.9 Å². The minimum absolute atomic E-state index is 0.214. The molecule has 2 aromatic carbocycles. The van der Waals surface area contributed by atoms with Gasteiger partial charge in [-0.1, -0.05) is 53.8 Å². The molecule has 0 unspecified atom stereocenters. The molecule has 35 heavy (non-hydrogen) atoms. The molecule has 0 atom stereocenters. The van der Waals surface area contributed by atoms with E-state index in [1.807, 2.05) is 43.3 Å². The van der Waals surface area contributed by atoms with Crippen molar-refractivity contribution in [1.82, 2.24) is 14.7 Å². The van der Waals surface area contributed by atoms with Crippen molar-refractivity contribution in [2.24, 2.45) is 0 Å². The van der Waals surface area contributed by atoms with E-state index in [2.05, 4.69) is 0 Å². The van der Waals surface area contributed by atoms with Crippen LogP contribution in [-0.2, 0) is 14.9 Å².